The molecule has 1 aromatic carbocycles. The van der Waals surface area contributed by atoms with Crippen molar-refractivity contribution in [3.63, 3.8) is 0 Å². The smallest absolute Gasteiger partial charge is 0.0410 e. The average molecular weight is 211 g/mol. The second-order valence-corrected chi connectivity index (χ2v) is 4.11. The SMILES string of the molecule is CCN1CC(CN)c2cc(Cl)ccc21. The van der Waals surface area contributed by atoms with Crippen molar-refractivity contribution in [3.05, 3.63) is 28.8 Å². The summed E-state index contributed by atoms with van der Waals surface area (Å²) >= 11 is 5.98. The number of benzene rings is 1. The molecular weight excluding hydrogens is 196 g/mol. The van der Waals surface area contributed by atoms with Crippen LogP contribution < -0.4 is 10.6 Å². The third-order valence-corrected chi connectivity index (χ3v) is 3.11. The summed E-state index contributed by atoms with van der Waals surface area (Å²) in [6.45, 7) is 4.93. The molecule has 0 amide bonds. The molecule has 0 aliphatic carbocycles. The lowest BCUT2D eigenvalue weighted by Crippen LogP contribution is -2.23. The molecule has 2 nitrogen and oxygen atoms in total. The third-order valence-electron chi connectivity index (χ3n) is 2.88. The molecule has 1 aromatic rings. The molecule has 0 aromatic heterocycles. The Morgan fingerprint density at radius 3 is 3.00 bits per heavy atom. The Morgan fingerprint density at radius 2 is 2.36 bits per heavy atom. The summed E-state index contributed by atoms with van der Waals surface area (Å²) in [5.41, 5.74) is 8.35. The zero-order chi connectivity index (χ0) is 10.1. The summed E-state index contributed by atoms with van der Waals surface area (Å²) in [5.74, 6) is 0.448. The molecule has 1 atom stereocenters. The monoisotopic (exact) mass is 210 g/mol. The molecule has 1 aliphatic rings. The highest BCUT2D eigenvalue weighted by molar-refractivity contribution is 6.30. The topological polar surface area (TPSA) is 29.3 Å². The van der Waals surface area contributed by atoms with E-state index in [-0.39, 0.29) is 0 Å². The van der Waals surface area contributed by atoms with Crippen molar-refractivity contribution in [3.8, 4) is 0 Å². The van der Waals surface area contributed by atoms with Gasteiger partial charge < -0.3 is 10.6 Å². The van der Waals surface area contributed by atoms with Gasteiger partial charge in [-0.25, -0.2) is 0 Å². The number of anilines is 1. The van der Waals surface area contributed by atoms with Gasteiger partial charge in [0.15, 0.2) is 0 Å². The summed E-state index contributed by atoms with van der Waals surface area (Å²) in [6.07, 6.45) is 0. The van der Waals surface area contributed by atoms with Crippen molar-refractivity contribution in [1.82, 2.24) is 0 Å². The van der Waals surface area contributed by atoms with E-state index in [9.17, 15) is 0 Å². The predicted octanol–water partition coefficient (Wildman–Crippen LogP) is 2.22. The number of halogens is 1. The Hall–Kier alpha value is -0.730. The fourth-order valence-corrected chi connectivity index (χ4v) is 2.28. The number of likely N-dealkylation sites (N-methyl/N-ethyl adjacent to an activating group) is 1. The van der Waals surface area contributed by atoms with Gasteiger partial charge in [-0.05, 0) is 30.7 Å². The lowest BCUT2D eigenvalue weighted by Gasteiger charge is -2.16. The van der Waals surface area contributed by atoms with Gasteiger partial charge in [0.25, 0.3) is 0 Å². The van der Waals surface area contributed by atoms with E-state index in [1.165, 1.54) is 11.3 Å². The second kappa shape index (κ2) is 3.79. The number of nitrogens with zero attached hydrogens (tertiary/aromatic N) is 1. The van der Waals surface area contributed by atoms with Gasteiger partial charge in [-0.1, -0.05) is 11.6 Å². The van der Waals surface area contributed by atoms with Crippen molar-refractivity contribution in [2.24, 2.45) is 5.73 Å². The van der Waals surface area contributed by atoms with Gasteiger partial charge in [-0.3, -0.25) is 0 Å². The first kappa shape index (κ1) is 9.81. The van der Waals surface area contributed by atoms with Gasteiger partial charge in [-0.2, -0.15) is 0 Å². The Kier molecular flexibility index (Phi) is 2.66. The van der Waals surface area contributed by atoms with Crippen LogP contribution in [0.5, 0.6) is 0 Å². The molecule has 2 rings (SSSR count). The van der Waals surface area contributed by atoms with Gasteiger partial charge in [0.05, 0.1) is 0 Å². The lowest BCUT2D eigenvalue weighted by atomic mass is 10.0. The highest BCUT2D eigenvalue weighted by atomic mass is 35.5. The highest BCUT2D eigenvalue weighted by Gasteiger charge is 2.26. The third kappa shape index (κ3) is 1.49. The molecule has 3 heteroatoms. The fraction of sp³-hybridized carbons (Fsp3) is 0.455. The second-order valence-electron chi connectivity index (χ2n) is 3.67. The number of hydrogen-bond donors (Lipinski definition) is 1. The molecule has 1 heterocycles. The Labute approximate surface area is 89.7 Å². The molecule has 0 saturated heterocycles. The maximum Gasteiger partial charge on any atom is 0.0410 e. The summed E-state index contributed by atoms with van der Waals surface area (Å²) in [7, 11) is 0. The van der Waals surface area contributed by atoms with Crippen LogP contribution in [-0.2, 0) is 0 Å². The van der Waals surface area contributed by atoms with Crippen LogP contribution in [0.25, 0.3) is 0 Å². The Bertz CT molecular complexity index is 338. The number of nitrogens with two attached hydrogens (primary N) is 1. The lowest BCUT2D eigenvalue weighted by molar-refractivity contribution is 0.710. The molecule has 0 fully saturated rings. The van der Waals surface area contributed by atoms with Crippen LogP contribution in [0.4, 0.5) is 5.69 Å². The number of fused-ring (bicyclic) bond motifs is 1. The summed E-state index contributed by atoms with van der Waals surface area (Å²) in [4.78, 5) is 2.35. The van der Waals surface area contributed by atoms with Gasteiger partial charge in [0.2, 0.25) is 0 Å². The number of hydrogen-bond acceptors (Lipinski definition) is 2. The molecule has 2 N–H and O–H groups in total. The minimum Gasteiger partial charge on any atom is -0.371 e. The van der Waals surface area contributed by atoms with Crippen molar-refractivity contribution in [2.45, 2.75) is 12.8 Å². The van der Waals surface area contributed by atoms with Gasteiger partial charge in [0.1, 0.15) is 0 Å². The van der Waals surface area contributed by atoms with E-state index in [0.717, 1.165) is 18.1 Å². The summed E-state index contributed by atoms with van der Waals surface area (Å²) in [5, 5.41) is 0.806. The first-order valence-corrected chi connectivity index (χ1v) is 5.38. The van der Waals surface area contributed by atoms with E-state index in [1.807, 2.05) is 12.1 Å². The molecule has 1 aliphatic heterocycles. The van der Waals surface area contributed by atoms with Crippen molar-refractivity contribution in [1.29, 1.82) is 0 Å². The molecule has 0 radical (unpaired) electrons. The minimum absolute atomic E-state index is 0.448. The highest BCUT2D eigenvalue weighted by Crippen LogP contribution is 2.36. The van der Waals surface area contributed by atoms with Crippen LogP contribution in [0, 0.1) is 0 Å². The molecule has 0 spiro atoms. The van der Waals surface area contributed by atoms with Crippen molar-refractivity contribution >= 4 is 17.3 Å². The Balaban J connectivity index is 2.42. The normalized spacial score (nSPS) is 19.9. The number of rotatable bonds is 2. The van der Waals surface area contributed by atoms with Crippen LogP contribution in [0.2, 0.25) is 5.02 Å². The Morgan fingerprint density at radius 1 is 1.57 bits per heavy atom. The zero-order valence-corrected chi connectivity index (χ0v) is 9.09. The van der Waals surface area contributed by atoms with E-state index >= 15 is 0 Å². The maximum atomic E-state index is 5.98. The fourth-order valence-electron chi connectivity index (χ4n) is 2.10. The predicted molar refractivity (Wildman–Crippen MR) is 61.1 cm³/mol. The van der Waals surface area contributed by atoms with Crippen LogP contribution in [-0.4, -0.2) is 19.6 Å². The van der Waals surface area contributed by atoms with E-state index in [2.05, 4.69) is 17.9 Å². The minimum atomic E-state index is 0.448. The molecule has 76 valence electrons. The molecule has 0 bridgehead atoms. The van der Waals surface area contributed by atoms with Crippen LogP contribution in [0.15, 0.2) is 18.2 Å². The average Bonchev–Trinajstić information content (AvgIpc) is 2.55. The van der Waals surface area contributed by atoms with Crippen molar-refractivity contribution in [2.75, 3.05) is 24.5 Å². The molecule has 1 unspecified atom stereocenters. The zero-order valence-electron chi connectivity index (χ0n) is 8.33. The van der Waals surface area contributed by atoms with Gasteiger partial charge >= 0.3 is 0 Å². The van der Waals surface area contributed by atoms with Crippen molar-refractivity contribution < 1.29 is 0 Å². The largest absolute Gasteiger partial charge is 0.371 e. The first-order chi connectivity index (χ1) is 6.76. The van der Waals surface area contributed by atoms with E-state index in [0.29, 0.717) is 12.5 Å². The van der Waals surface area contributed by atoms with Crippen LogP contribution in [0.1, 0.15) is 18.4 Å². The standard InChI is InChI=1S/C11H15ClN2/c1-2-14-7-8(6-13)10-5-9(12)3-4-11(10)14/h3-5,8H,2,6-7,13H2,1H3. The van der Waals surface area contributed by atoms with Gasteiger partial charge in [0, 0.05) is 36.3 Å². The van der Waals surface area contributed by atoms with E-state index in [1.54, 1.807) is 0 Å². The summed E-state index contributed by atoms with van der Waals surface area (Å²) < 4.78 is 0. The maximum absolute atomic E-state index is 5.98. The first-order valence-electron chi connectivity index (χ1n) is 5.00. The molecule has 0 saturated carbocycles. The van der Waals surface area contributed by atoms with Gasteiger partial charge in [-0.15, -0.1) is 0 Å². The molecule has 14 heavy (non-hydrogen) atoms. The van der Waals surface area contributed by atoms with E-state index in [4.69, 9.17) is 17.3 Å². The van der Waals surface area contributed by atoms with Crippen LogP contribution >= 0.6 is 11.6 Å². The van der Waals surface area contributed by atoms with E-state index < -0.39 is 0 Å². The summed E-state index contributed by atoms with van der Waals surface area (Å²) in [6, 6.07) is 6.09. The van der Waals surface area contributed by atoms with Crippen LogP contribution in [0.3, 0.4) is 0 Å². The molecular formula is C11H15ClN2. The quantitative estimate of drug-likeness (QED) is 0.811.